The van der Waals surface area contributed by atoms with Gasteiger partial charge in [0.25, 0.3) is 0 Å². The molecule has 1 fully saturated rings. The number of amides is 2. The molecule has 0 aromatic carbocycles. The van der Waals surface area contributed by atoms with Gasteiger partial charge in [0.2, 0.25) is 11.8 Å². The lowest BCUT2D eigenvalue weighted by Gasteiger charge is -2.31. The minimum Gasteiger partial charge on any atom is -0.280 e. The van der Waals surface area contributed by atoms with E-state index in [2.05, 4.69) is 0 Å². The van der Waals surface area contributed by atoms with E-state index < -0.39 is 0 Å². The molecule has 3 nitrogen and oxygen atoms in total. The van der Waals surface area contributed by atoms with Crippen LogP contribution in [0.3, 0.4) is 0 Å². The van der Waals surface area contributed by atoms with E-state index in [1.54, 1.807) is 0 Å². The summed E-state index contributed by atoms with van der Waals surface area (Å²) in [6.45, 7) is 5.67. The van der Waals surface area contributed by atoms with E-state index in [1.807, 2.05) is 20.8 Å². The molecule has 1 aliphatic rings. The van der Waals surface area contributed by atoms with E-state index >= 15 is 0 Å². The maximum absolute atomic E-state index is 11.4. The third-order valence-corrected chi connectivity index (χ3v) is 2.10. The van der Waals surface area contributed by atoms with E-state index in [4.69, 9.17) is 0 Å². The summed E-state index contributed by atoms with van der Waals surface area (Å²) in [5.41, 5.74) is 0. The third kappa shape index (κ3) is 1.65. The van der Waals surface area contributed by atoms with Crippen molar-refractivity contribution in [3.8, 4) is 0 Å². The Kier molecular flexibility index (Phi) is 2.50. The molecule has 1 saturated heterocycles. The van der Waals surface area contributed by atoms with Gasteiger partial charge in [-0.25, -0.2) is 0 Å². The first kappa shape index (κ1) is 9.23. The Morgan fingerprint density at radius 2 is 1.67 bits per heavy atom. The minimum atomic E-state index is -0.0197. The number of hydrogen-bond donors (Lipinski definition) is 0. The van der Waals surface area contributed by atoms with Crippen LogP contribution in [0.15, 0.2) is 0 Å². The van der Waals surface area contributed by atoms with Crippen molar-refractivity contribution in [3.63, 3.8) is 0 Å². The molecule has 1 heterocycles. The van der Waals surface area contributed by atoms with Crippen molar-refractivity contribution >= 4 is 11.8 Å². The summed E-state index contributed by atoms with van der Waals surface area (Å²) in [6, 6.07) is 0.0116. The first-order valence-electron chi connectivity index (χ1n) is 4.37. The fraction of sp³-hybridized carbons (Fsp3) is 0.778. The number of hydrogen-bond acceptors (Lipinski definition) is 2. The molecule has 2 amide bonds. The second kappa shape index (κ2) is 3.25. The van der Waals surface area contributed by atoms with Gasteiger partial charge in [-0.05, 0) is 19.8 Å². The van der Waals surface area contributed by atoms with Crippen molar-refractivity contribution in [1.29, 1.82) is 0 Å². The van der Waals surface area contributed by atoms with Crippen molar-refractivity contribution in [1.82, 2.24) is 4.90 Å². The summed E-state index contributed by atoms with van der Waals surface area (Å²) in [4.78, 5) is 24.1. The molecule has 0 atom stereocenters. The predicted octanol–water partition coefficient (Wildman–Crippen LogP) is 1.18. The van der Waals surface area contributed by atoms with Crippen molar-refractivity contribution in [2.24, 2.45) is 5.92 Å². The number of carbonyl (C=O) groups is 2. The van der Waals surface area contributed by atoms with Crippen LogP contribution in [0.25, 0.3) is 0 Å². The van der Waals surface area contributed by atoms with Crippen LogP contribution in [0.2, 0.25) is 0 Å². The summed E-state index contributed by atoms with van der Waals surface area (Å²) in [5, 5.41) is 0. The lowest BCUT2D eigenvalue weighted by atomic mass is 9.97. The Balaban J connectivity index is 2.74. The number of piperidine rings is 1. The van der Waals surface area contributed by atoms with E-state index in [9.17, 15) is 9.59 Å². The zero-order valence-corrected chi connectivity index (χ0v) is 7.83. The zero-order chi connectivity index (χ0) is 9.30. The molecule has 1 aliphatic heterocycles. The number of likely N-dealkylation sites (tertiary alicyclic amines) is 1. The van der Waals surface area contributed by atoms with Crippen molar-refractivity contribution in [2.75, 3.05) is 0 Å². The normalized spacial score (nSPS) is 20.8. The molecule has 0 radical (unpaired) electrons. The molecule has 0 aromatic heterocycles. The molecule has 0 bridgehead atoms. The third-order valence-electron chi connectivity index (χ3n) is 2.10. The fourth-order valence-corrected chi connectivity index (χ4v) is 1.58. The second-order valence-electron chi connectivity index (χ2n) is 3.76. The maximum atomic E-state index is 11.4. The van der Waals surface area contributed by atoms with E-state index in [0.29, 0.717) is 12.8 Å². The molecule has 3 heteroatoms. The van der Waals surface area contributed by atoms with Gasteiger partial charge in [-0.15, -0.1) is 0 Å². The van der Waals surface area contributed by atoms with Crippen LogP contribution in [0.4, 0.5) is 0 Å². The number of imide groups is 1. The topological polar surface area (TPSA) is 37.4 Å². The Hall–Kier alpha value is -0.860. The Morgan fingerprint density at radius 3 is 2.00 bits per heavy atom. The summed E-state index contributed by atoms with van der Waals surface area (Å²) >= 11 is 0. The van der Waals surface area contributed by atoms with Crippen molar-refractivity contribution in [3.05, 3.63) is 0 Å². The van der Waals surface area contributed by atoms with Crippen LogP contribution in [0, 0.1) is 5.92 Å². The highest BCUT2D eigenvalue weighted by Gasteiger charge is 2.31. The van der Waals surface area contributed by atoms with Crippen LogP contribution < -0.4 is 0 Å². The first-order chi connectivity index (χ1) is 5.52. The second-order valence-corrected chi connectivity index (χ2v) is 3.76. The van der Waals surface area contributed by atoms with E-state index in [0.717, 1.165) is 0 Å². The molecule has 0 aliphatic carbocycles. The molecule has 0 aromatic rings. The fourth-order valence-electron chi connectivity index (χ4n) is 1.58. The lowest BCUT2D eigenvalue weighted by Crippen LogP contribution is -2.46. The minimum absolute atomic E-state index is 0.0116. The number of rotatable bonds is 1. The van der Waals surface area contributed by atoms with E-state index in [1.165, 1.54) is 4.90 Å². The van der Waals surface area contributed by atoms with Crippen molar-refractivity contribution in [2.45, 2.75) is 39.7 Å². The zero-order valence-electron chi connectivity index (χ0n) is 7.83. The molecule has 1 rings (SSSR count). The summed E-state index contributed by atoms with van der Waals surface area (Å²) in [6.07, 6.45) is 1.04. The molecule has 12 heavy (non-hydrogen) atoms. The van der Waals surface area contributed by atoms with Gasteiger partial charge in [-0.1, -0.05) is 6.92 Å². The molecule has 68 valence electrons. The highest BCUT2D eigenvalue weighted by Crippen LogP contribution is 2.20. The van der Waals surface area contributed by atoms with Gasteiger partial charge >= 0.3 is 0 Å². The summed E-state index contributed by atoms with van der Waals surface area (Å²) < 4.78 is 0. The average molecular weight is 169 g/mol. The van der Waals surface area contributed by atoms with Crippen LogP contribution in [-0.4, -0.2) is 22.8 Å². The Morgan fingerprint density at radius 1 is 1.25 bits per heavy atom. The Bertz CT molecular complexity index is 193. The highest BCUT2D eigenvalue weighted by atomic mass is 16.2. The number of nitrogens with zero attached hydrogens (tertiary/aromatic N) is 1. The van der Waals surface area contributed by atoms with Crippen LogP contribution in [-0.2, 0) is 9.59 Å². The standard InChI is InChI=1S/C9H15NO2/c1-6(2)10-8(11)4-7(3)5-9(10)12/h6-7H,4-5H2,1-3H3. The SMILES string of the molecule is CC1CC(=O)N(C(C)C)C(=O)C1. The van der Waals surface area contributed by atoms with Gasteiger partial charge in [-0.2, -0.15) is 0 Å². The molecular weight excluding hydrogens is 154 g/mol. The number of carbonyl (C=O) groups excluding carboxylic acids is 2. The van der Waals surface area contributed by atoms with Gasteiger partial charge in [0.15, 0.2) is 0 Å². The maximum Gasteiger partial charge on any atom is 0.229 e. The molecule has 0 N–H and O–H groups in total. The summed E-state index contributed by atoms with van der Waals surface area (Å²) in [7, 11) is 0. The highest BCUT2D eigenvalue weighted by molar-refractivity contribution is 5.98. The molecule has 0 spiro atoms. The quantitative estimate of drug-likeness (QED) is 0.553. The van der Waals surface area contributed by atoms with Crippen LogP contribution in [0.5, 0.6) is 0 Å². The molecule has 0 saturated carbocycles. The van der Waals surface area contributed by atoms with Crippen LogP contribution >= 0.6 is 0 Å². The smallest absolute Gasteiger partial charge is 0.229 e. The van der Waals surface area contributed by atoms with Gasteiger partial charge in [0.1, 0.15) is 0 Å². The summed E-state index contributed by atoms with van der Waals surface area (Å²) in [5.74, 6) is 0.183. The van der Waals surface area contributed by atoms with Gasteiger partial charge in [0, 0.05) is 18.9 Å². The van der Waals surface area contributed by atoms with Gasteiger partial charge in [0.05, 0.1) is 0 Å². The average Bonchev–Trinajstić information content (AvgIpc) is 1.82. The molecular formula is C9H15NO2. The monoisotopic (exact) mass is 169 g/mol. The van der Waals surface area contributed by atoms with Crippen LogP contribution in [0.1, 0.15) is 33.6 Å². The van der Waals surface area contributed by atoms with E-state index in [-0.39, 0.29) is 23.8 Å². The lowest BCUT2D eigenvalue weighted by molar-refractivity contribution is -0.151. The predicted molar refractivity (Wildman–Crippen MR) is 45.4 cm³/mol. The largest absolute Gasteiger partial charge is 0.280 e. The first-order valence-corrected chi connectivity index (χ1v) is 4.37. The van der Waals surface area contributed by atoms with Gasteiger partial charge < -0.3 is 0 Å². The Labute approximate surface area is 72.7 Å². The van der Waals surface area contributed by atoms with Crippen molar-refractivity contribution < 1.29 is 9.59 Å². The molecule has 0 unspecified atom stereocenters. The van der Waals surface area contributed by atoms with Gasteiger partial charge in [-0.3, -0.25) is 14.5 Å².